The van der Waals surface area contributed by atoms with E-state index in [4.69, 9.17) is 10.3 Å². The number of furan rings is 1. The molecule has 0 atom stereocenters. The minimum absolute atomic E-state index is 0.438. The molecule has 0 unspecified atom stereocenters. The summed E-state index contributed by atoms with van der Waals surface area (Å²) in [5.41, 5.74) is 3.45. The Morgan fingerprint density at radius 2 is 2.46 bits per heavy atom. The van der Waals surface area contributed by atoms with Crippen LogP contribution in [0, 0.1) is 0 Å². The first-order valence-electron chi connectivity index (χ1n) is 4.09. The third kappa shape index (κ3) is 1.92. The van der Waals surface area contributed by atoms with Crippen LogP contribution in [-0.4, -0.2) is 11.9 Å². The first-order chi connectivity index (χ1) is 6.31. The zero-order valence-corrected chi connectivity index (χ0v) is 8.54. The fourth-order valence-corrected chi connectivity index (χ4v) is 1.46. The van der Waals surface area contributed by atoms with Gasteiger partial charge < -0.3 is 9.84 Å². The molecular weight excluding hydrogens is 234 g/mol. The molecule has 1 saturated carbocycles. The summed E-state index contributed by atoms with van der Waals surface area (Å²) >= 11 is 3.27. The van der Waals surface area contributed by atoms with Gasteiger partial charge in [-0.2, -0.15) is 0 Å². The van der Waals surface area contributed by atoms with E-state index in [2.05, 4.69) is 26.3 Å². The van der Waals surface area contributed by atoms with Crippen LogP contribution in [0.15, 0.2) is 26.4 Å². The lowest BCUT2D eigenvalue weighted by molar-refractivity contribution is 0.540. The Morgan fingerprint density at radius 3 is 2.92 bits per heavy atom. The summed E-state index contributed by atoms with van der Waals surface area (Å²) in [6.45, 7) is 0. The zero-order valence-electron chi connectivity index (χ0n) is 6.96. The molecule has 4 nitrogen and oxygen atoms in total. The van der Waals surface area contributed by atoms with Crippen molar-refractivity contribution in [3.8, 4) is 0 Å². The number of halogens is 1. The molecule has 0 aliphatic heterocycles. The maximum absolute atomic E-state index is 5.37. The SMILES string of the molecule is NNC(=NC1CC1)c1ccoc1Br. The second-order valence-electron chi connectivity index (χ2n) is 2.96. The second kappa shape index (κ2) is 3.51. The summed E-state index contributed by atoms with van der Waals surface area (Å²) in [7, 11) is 0. The summed E-state index contributed by atoms with van der Waals surface area (Å²) in [5.74, 6) is 6.05. The van der Waals surface area contributed by atoms with E-state index in [0.29, 0.717) is 16.5 Å². The molecule has 5 heteroatoms. The monoisotopic (exact) mass is 243 g/mol. The number of nitrogens with zero attached hydrogens (tertiary/aromatic N) is 1. The van der Waals surface area contributed by atoms with E-state index in [1.54, 1.807) is 6.26 Å². The maximum Gasteiger partial charge on any atom is 0.179 e. The zero-order chi connectivity index (χ0) is 9.26. The Bertz CT molecular complexity index is 330. The van der Waals surface area contributed by atoms with Crippen LogP contribution >= 0.6 is 15.9 Å². The van der Waals surface area contributed by atoms with Gasteiger partial charge in [-0.1, -0.05) is 0 Å². The Hall–Kier alpha value is -0.810. The Morgan fingerprint density at radius 1 is 1.69 bits per heavy atom. The molecule has 0 amide bonds. The van der Waals surface area contributed by atoms with Crippen molar-refractivity contribution in [2.75, 3.05) is 0 Å². The van der Waals surface area contributed by atoms with E-state index in [1.165, 1.54) is 0 Å². The molecule has 1 fully saturated rings. The molecule has 70 valence electrons. The lowest BCUT2D eigenvalue weighted by atomic mass is 10.3. The van der Waals surface area contributed by atoms with Crippen molar-refractivity contribution in [3.63, 3.8) is 0 Å². The molecule has 1 aliphatic carbocycles. The van der Waals surface area contributed by atoms with Crippen LogP contribution in [0.3, 0.4) is 0 Å². The Balaban J connectivity index is 2.25. The molecule has 0 aromatic carbocycles. The van der Waals surface area contributed by atoms with Crippen molar-refractivity contribution in [2.24, 2.45) is 10.8 Å². The van der Waals surface area contributed by atoms with E-state index >= 15 is 0 Å². The summed E-state index contributed by atoms with van der Waals surface area (Å²) in [4.78, 5) is 4.40. The molecule has 0 radical (unpaired) electrons. The molecule has 1 aliphatic rings. The predicted octanol–water partition coefficient (Wildman–Crippen LogP) is 1.41. The van der Waals surface area contributed by atoms with Gasteiger partial charge >= 0.3 is 0 Å². The smallest absolute Gasteiger partial charge is 0.179 e. The highest BCUT2D eigenvalue weighted by Gasteiger charge is 2.22. The minimum Gasteiger partial charge on any atom is -0.457 e. The quantitative estimate of drug-likeness (QED) is 0.358. The van der Waals surface area contributed by atoms with Crippen molar-refractivity contribution in [2.45, 2.75) is 18.9 Å². The van der Waals surface area contributed by atoms with Gasteiger partial charge in [-0.15, -0.1) is 0 Å². The van der Waals surface area contributed by atoms with Gasteiger partial charge in [-0.3, -0.25) is 4.99 Å². The van der Waals surface area contributed by atoms with Gasteiger partial charge in [0.25, 0.3) is 0 Å². The molecule has 13 heavy (non-hydrogen) atoms. The van der Waals surface area contributed by atoms with E-state index in [9.17, 15) is 0 Å². The fraction of sp³-hybridized carbons (Fsp3) is 0.375. The second-order valence-corrected chi connectivity index (χ2v) is 3.68. The highest BCUT2D eigenvalue weighted by Crippen LogP contribution is 2.25. The molecule has 3 N–H and O–H groups in total. The van der Waals surface area contributed by atoms with Crippen LogP contribution in [0.5, 0.6) is 0 Å². The van der Waals surface area contributed by atoms with Gasteiger partial charge in [0, 0.05) is 0 Å². The minimum atomic E-state index is 0.438. The van der Waals surface area contributed by atoms with Gasteiger partial charge in [0.2, 0.25) is 0 Å². The number of aliphatic imine (C=N–C) groups is 1. The van der Waals surface area contributed by atoms with Gasteiger partial charge in [-0.25, -0.2) is 5.84 Å². The van der Waals surface area contributed by atoms with Crippen molar-refractivity contribution in [3.05, 3.63) is 22.6 Å². The number of nitrogens with two attached hydrogens (primary N) is 1. The maximum atomic E-state index is 5.37. The van der Waals surface area contributed by atoms with Crippen LogP contribution in [-0.2, 0) is 0 Å². The van der Waals surface area contributed by atoms with Crippen molar-refractivity contribution in [1.29, 1.82) is 0 Å². The van der Waals surface area contributed by atoms with Crippen LogP contribution in [0.2, 0.25) is 0 Å². The lowest BCUT2D eigenvalue weighted by Gasteiger charge is -2.02. The van der Waals surface area contributed by atoms with Crippen LogP contribution in [0.25, 0.3) is 0 Å². The van der Waals surface area contributed by atoms with Crippen LogP contribution in [0.1, 0.15) is 18.4 Å². The number of hydrazine groups is 1. The first-order valence-corrected chi connectivity index (χ1v) is 4.88. The van der Waals surface area contributed by atoms with E-state index < -0.39 is 0 Å². The Kier molecular flexibility index (Phi) is 2.37. The summed E-state index contributed by atoms with van der Waals surface area (Å²) in [5, 5.41) is 0. The predicted molar refractivity (Wildman–Crippen MR) is 53.3 cm³/mol. The number of rotatable bonds is 2. The molecular formula is C8H10BrN3O. The van der Waals surface area contributed by atoms with Gasteiger partial charge in [0.15, 0.2) is 4.67 Å². The van der Waals surface area contributed by atoms with E-state index in [0.717, 1.165) is 18.4 Å². The van der Waals surface area contributed by atoms with Gasteiger partial charge in [-0.05, 0) is 34.8 Å². The first kappa shape index (κ1) is 8.77. The summed E-state index contributed by atoms with van der Waals surface area (Å²) in [6, 6.07) is 2.26. The lowest BCUT2D eigenvalue weighted by Crippen LogP contribution is -2.31. The largest absolute Gasteiger partial charge is 0.457 e. The molecule has 1 aromatic heterocycles. The van der Waals surface area contributed by atoms with Crippen LogP contribution in [0.4, 0.5) is 0 Å². The number of nitrogens with one attached hydrogen (secondary N) is 1. The highest BCUT2D eigenvalue weighted by atomic mass is 79.9. The normalized spacial score (nSPS) is 17.5. The van der Waals surface area contributed by atoms with Gasteiger partial charge in [0.05, 0.1) is 17.9 Å². The third-order valence-corrected chi connectivity index (χ3v) is 2.48. The van der Waals surface area contributed by atoms with Crippen molar-refractivity contribution < 1.29 is 4.42 Å². The van der Waals surface area contributed by atoms with Gasteiger partial charge in [0.1, 0.15) is 5.84 Å². The van der Waals surface area contributed by atoms with E-state index in [1.807, 2.05) is 6.07 Å². The third-order valence-electron chi connectivity index (χ3n) is 1.87. The fourth-order valence-electron chi connectivity index (χ4n) is 1.03. The molecule has 2 rings (SSSR count). The standard InChI is InChI=1S/C8H10BrN3O/c9-7-6(3-4-13-7)8(12-10)11-5-1-2-5/h3-5H,1-2,10H2,(H,11,12). The average molecular weight is 244 g/mol. The number of hydrogen-bond acceptors (Lipinski definition) is 3. The number of hydrogen-bond donors (Lipinski definition) is 2. The van der Waals surface area contributed by atoms with E-state index in [-0.39, 0.29) is 0 Å². The average Bonchev–Trinajstić information content (AvgIpc) is 2.85. The van der Waals surface area contributed by atoms with Crippen molar-refractivity contribution in [1.82, 2.24) is 5.43 Å². The van der Waals surface area contributed by atoms with Crippen LogP contribution < -0.4 is 11.3 Å². The summed E-state index contributed by atoms with van der Waals surface area (Å²) in [6.07, 6.45) is 3.90. The molecule has 0 bridgehead atoms. The Labute approximate surface area is 84.3 Å². The molecule has 1 aromatic rings. The molecule has 0 saturated heterocycles. The molecule has 0 spiro atoms. The number of amidine groups is 1. The highest BCUT2D eigenvalue weighted by molar-refractivity contribution is 9.10. The topological polar surface area (TPSA) is 63.5 Å². The molecule has 1 heterocycles. The van der Waals surface area contributed by atoms with Crippen molar-refractivity contribution >= 4 is 21.8 Å². The summed E-state index contributed by atoms with van der Waals surface area (Å²) < 4.78 is 5.75.